The number of aliphatic hydroxyl groups is 1. The molecule has 1 aromatic rings. The van der Waals surface area contributed by atoms with Crippen LogP contribution in [0.3, 0.4) is 0 Å². The number of nitrogens with zero attached hydrogens (tertiary/aromatic N) is 2. The van der Waals surface area contributed by atoms with Crippen LogP contribution in [0.15, 0.2) is 34.3 Å². The van der Waals surface area contributed by atoms with Crippen molar-refractivity contribution in [2.24, 2.45) is 73.8 Å². The number of amides is 11. The summed E-state index contributed by atoms with van der Waals surface area (Å²) >= 11 is 0. The summed E-state index contributed by atoms with van der Waals surface area (Å²) in [5.74, 6) is -11.9. The summed E-state index contributed by atoms with van der Waals surface area (Å²) in [6.45, 7) is 13.2. The molecule has 0 aliphatic heterocycles. The van der Waals surface area contributed by atoms with Crippen molar-refractivity contribution in [1.29, 1.82) is 0 Å². The van der Waals surface area contributed by atoms with Crippen molar-refractivity contribution in [2.45, 2.75) is 174 Å². The highest BCUT2D eigenvalue weighted by atomic mass is 16.3. The quantitative estimate of drug-likeness (QED) is 0.0168. The van der Waals surface area contributed by atoms with Gasteiger partial charge in [-0.1, -0.05) is 60.6 Å². The number of phenolic OH excluding ortho intramolecular Hbond substituents is 1. The Morgan fingerprint density at radius 3 is 1.29 bits per heavy atom. The molecule has 10 atom stereocenters. The largest absolute Gasteiger partial charge is 0.508 e. The van der Waals surface area contributed by atoms with Gasteiger partial charge in [-0.3, -0.25) is 62.7 Å². The fraction of sp³-hybridized carbons (Fsp3) is 0.635. The smallest absolute Gasteiger partial charge is 0.245 e. The third-order valence-electron chi connectivity index (χ3n) is 12.5. The first-order valence-corrected chi connectivity index (χ1v) is 27.1. The average Bonchev–Trinajstić information content (AvgIpc) is 3.36. The van der Waals surface area contributed by atoms with E-state index < -0.39 is 151 Å². The molecule has 0 spiro atoms. The van der Waals surface area contributed by atoms with Crippen molar-refractivity contribution >= 4 is 76.9 Å². The standard InChI is InChI=1S/C52H89N17O13/c1-25(2)21-28(7)43(75)66-37(24-39(54)73)47(79)67-36(22-26(3)4)48(80)68-40(27(5)6)49(81)69-41(29(8)70)50(82)64-33(12-10-20-61-52(58)59)44(76)63-34(17-18-38(53)72)46(78)62-32(11-9-19-60-51(56)57)45(77)65-35(42(55)74)23-30-13-15-31(71)16-14-30/h13-16,25-29,32-37,40-41,70-71H,9-12,17-24H2,1-8H3,(H2,53,72)(H2,54,73)(H2,55,74)(H,62,78)(H,63,76)(H,64,82)(H,65,77)(H,66,75)(H,67,79)(H,68,80)(H,69,81)(H4,56,57,60)(H4,58,59,61)/t28-,29+,32-,33-,34-,35-,36-,37-,40-,41-/m0/s1. The van der Waals surface area contributed by atoms with Gasteiger partial charge in [-0.25, -0.2) is 0 Å². The van der Waals surface area contributed by atoms with Crippen molar-refractivity contribution in [2.75, 3.05) is 13.1 Å². The molecular weight excluding hydrogens is 1070 g/mol. The zero-order valence-corrected chi connectivity index (χ0v) is 48.1. The molecule has 1 rings (SSSR count). The van der Waals surface area contributed by atoms with Crippen molar-refractivity contribution in [1.82, 2.24) is 42.5 Å². The second-order valence-electron chi connectivity index (χ2n) is 21.3. The molecule has 0 saturated heterocycles. The van der Waals surface area contributed by atoms with Gasteiger partial charge >= 0.3 is 0 Å². The minimum atomic E-state index is -1.81. The minimum absolute atomic E-state index is 0.000556. The molecule has 11 amide bonds. The van der Waals surface area contributed by atoms with E-state index in [-0.39, 0.29) is 81.1 Å². The van der Waals surface area contributed by atoms with Crippen LogP contribution < -0.4 is 82.7 Å². The summed E-state index contributed by atoms with van der Waals surface area (Å²) in [5, 5.41) is 40.8. The average molecular weight is 1160 g/mol. The molecule has 30 nitrogen and oxygen atoms in total. The van der Waals surface area contributed by atoms with Gasteiger partial charge in [0.15, 0.2) is 11.9 Å². The van der Waals surface area contributed by atoms with E-state index in [0.29, 0.717) is 12.0 Å². The monoisotopic (exact) mass is 1160 g/mol. The molecule has 0 radical (unpaired) electrons. The number of nitrogens with two attached hydrogens (primary N) is 7. The van der Waals surface area contributed by atoms with Gasteiger partial charge < -0.3 is 92.9 Å². The van der Waals surface area contributed by atoms with Crippen LogP contribution in [0.2, 0.25) is 0 Å². The summed E-state index contributed by atoms with van der Waals surface area (Å²) in [7, 11) is 0. The first-order valence-electron chi connectivity index (χ1n) is 27.1. The number of guanidine groups is 2. The maximum atomic E-state index is 14.3. The van der Waals surface area contributed by atoms with Gasteiger partial charge in [0.05, 0.1) is 12.5 Å². The predicted octanol–water partition coefficient (Wildman–Crippen LogP) is -4.69. The molecule has 0 heterocycles. The molecule has 30 heteroatoms. The van der Waals surface area contributed by atoms with Crippen molar-refractivity contribution in [3.8, 4) is 5.75 Å². The van der Waals surface area contributed by atoms with Gasteiger partial charge in [-0.2, -0.15) is 0 Å². The summed E-state index contributed by atoms with van der Waals surface area (Å²) in [4.78, 5) is 156. The van der Waals surface area contributed by atoms with Gasteiger partial charge in [0.25, 0.3) is 0 Å². The molecule has 0 saturated carbocycles. The number of aromatic hydroxyl groups is 1. The van der Waals surface area contributed by atoms with E-state index in [1.54, 1.807) is 34.6 Å². The second kappa shape index (κ2) is 36.1. The van der Waals surface area contributed by atoms with Crippen molar-refractivity contribution < 1.29 is 63.0 Å². The number of aliphatic imine (C=N–C) groups is 2. The van der Waals surface area contributed by atoms with E-state index in [0.717, 1.165) is 6.92 Å². The number of benzene rings is 1. The molecule has 0 aromatic heterocycles. The summed E-state index contributed by atoms with van der Waals surface area (Å²) in [6.07, 6.45) is -3.02. The molecule has 24 N–H and O–H groups in total. The Hall–Kier alpha value is -8.31. The van der Waals surface area contributed by atoms with E-state index in [1.165, 1.54) is 24.3 Å². The van der Waals surface area contributed by atoms with E-state index in [9.17, 15) is 63.0 Å². The lowest BCUT2D eigenvalue weighted by Crippen LogP contribution is -2.62. The number of hydrogen-bond donors (Lipinski definition) is 17. The molecule has 460 valence electrons. The molecular formula is C52H89N17O13. The summed E-state index contributed by atoms with van der Waals surface area (Å²) in [5.41, 5.74) is 38.9. The molecule has 1 aromatic carbocycles. The number of phenols is 1. The molecule has 0 aliphatic rings. The zero-order chi connectivity index (χ0) is 62.6. The highest BCUT2D eigenvalue weighted by Crippen LogP contribution is 2.15. The van der Waals surface area contributed by atoms with Gasteiger partial charge in [0, 0.05) is 31.8 Å². The SMILES string of the molecule is CC(C)C[C@H](NC(=O)[C@H](CC(N)=O)NC(=O)[C@@H](C)CC(C)C)C(=O)N[C@H](C(=O)N[C@H](C(=O)N[C@@H](CCCN=C(N)N)C(=O)N[C@@H](CCC(N)=O)C(=O)N[C@@H](CCCN=C(N)N)C(=O)N[C@@H](Cc1ccc(O)cc1)C(N)=O)[C@@H](C)O)C(C)C. The van der Waals surface area contributed by atoms with E-state index in [1.807, 2.05) is 13.8 Å². The van der Waals surface area contributed by atoms with Gasteiger partial charge in [-0.05, 0) is 87.3 Å². The number of rotatable bonds is 38. The maximum absolute atomic E-state index is 14.3. The van der Waals surface area contributed by atoms with Crippen LogP contribution in [0, 0.1) is 23.7 Å². The highest BCUT2D eigenvalue weighted by molar-refractivity contribution is 5.99. The Kier molecular flexibility index (Phi) is 31.6. The first kappa shape index (κ1) is 71.7. The lowest BCUT2D eigenvalue weighted by molar-refractivity contribution is -0.138. The highest BCUT2D eigenvalue weighted by Gasteiger charge is 2.37. The van der Waals surface area contributed by atoms with E-state index in [2.05, 4.69) is 52.5 Å². The topological polar surface area (TPSA) is 531 Å². The van der Waals surface area contributed by atoms with Crippen molar-refractivity contribution in [3.63, 3.8) is 0 Å². The Bertz CT molecular complexity index is 2390. The van der Waals surface area contributed by atoms with Crippen molar-refractivity contribution in [3.05, 3.63) is 29.8 Å². The number of nitrogens with one attached hydrogen (secondary N) is 8. The second-order valence-corrected chi connectivity index (χ2v) is 21.3. The van der Waals surface area contributed by atoms with Crippen LogP contribution in [-0.2, 0) is 59.2 Å². The molecule has 0 aliphatic carbocycles. The van der Waals surface area contributed by atoms with Crippen LogP contribution >= 0.6 is 0 Å². The number of primary amides is 3. The third kappa shape index (κ3) is 28.2. The van der Waals surface area contributed by atoms with Gasteiger partial charge in [-0.15, -0.1) is 0 Å². The lowest BCUT2D eigenvalue weighted by Gasteiger charge is -2.30. The number of carbonyl (C=O) groups excluding carboxylic acids is 11. The Labute approximate surface area is 477 Å². The van der Waals surface area contributed by atoms with E-state index in [4.69, 9.17) is 40.1 Å². The zero-order valence-electron chi connectivity index (χ0n) is 48.1. The number of aliphatic hydroxyl groups excluding tert-OH is 1. The van der Waals surface area contributed by atoms with Gasteiger partial charge in [0.1, 0.15) is 54.1 Å². The van der Waals surface area contributed by atoms with E-state index >= 15 is 0 Å². The Balaban J connectivity index is 3.57. The third-order valence-corrected chi connectivity index (χ3v) is 12.5. The summed E-state index contributed by atoms with van der Waals surface area (Å²) < 4.78 is 0. The maximum Gasteiger partial charge on any atom is 0.245 e. The fourth-order valence-electron chi connectivity index (χ4n) is 8.22. The lowest BCUT2D eigenvalue weighted by atomic mass is 9.97. The normalized spacial score (nSPS) is 14.8. The van der Waals surface area contributed by atoms with Crippen LogP contribution in [0.1, 0.15) is 119 Å². The summed E-state index contributed by atoms with van der Waals surface area (Å²) in [6, 6.07) is -6.23. The van der Waals surface area contributed by atoms with Crippen LogP contribution in [0.4, 0.5) is 0 Å². The number of hydrogen-bond acceptors (Lipinski definition) is 15. The van der Waals surface area contributed by atoms with Gasteiger partial charge in [0.2, 0.25) is 65.0 Å². The Morgan fingerprint density at radius 1 is 0.463 bits per heavy atom. The van der Waals surface area contributed by atoms with Crippen LogP contribution in [0.25, 0.3) is 0 Å². The predicted molar refractivity (Wildman–Crippen MR) is 303 cm³/mol. The molecule has 0 bridgehead atoms. The van der Waals surface area contributed by atoms with Crippen LogP contribution in [-0.4, -0.2) is 155 Å². The first-order chi connectivity index (χ1) is 38.2. The molecule has 0 fully saturated rings. The molecule has 82 heavy (non-hydrogen) atoms. The van der Waals surface area contributed by atoms with Crippen LogP contribution in [0.5, 0.6) is 5.75 Å². The minimum Gasteiger partial charge on any atom is -0.508 e. The fourth-order valence-corrected chi connectivity index (χ4v) is 8.22. The number of carbonyl (C=O) groups is 11. The Morgan fingerprint density at radius 2 is 0.866 bits per heavy atom. The molecule has 0 unspecified atom stereocenters.